The van der Waals surface area contributed by atoms with Crippen LogP contribution in [0.2, 0.25) is 0 Å². The second kappa shape index (κ2) is 4.65. The molecule has 23 heavy (non-hydrogen) atoms. The van der Waals surface area contributed by atoms with Crippen molar-refractivity contribution < 1.29 is 5.11 Å². The maximum Gasteiger partial charge on any atom is 0.0462 e. The summed E-state index contributed by atoms with van der Waals surface area (Å²) in [7, 11) is 0. The molecule has 0 saturated heterocycles. The number of aliphatic hydroxyl groups is 1. The van der Waals surface area contributed by atoms with Crippen LogP contribution in [-0.2, 0) is 0 Å². The van der Waals surface area contributed by atoms with E-state index in [1.165, 1.54) is 25.7 Å². The first kappa shape index (κ1) is 13.9. The van der Waals surface area contributed by atoms with Crippen molar-refractivity contribution in [3.8, 4) is 0 Å². The fraction of sp³-hybridized carbons (Fsp3) is 0.909. The fourth-order valence-electron chi connectivity index (χ4n) is 6.52. The standard InChI is InChI=1S/C22H32O/c1-11-4-12(11)2-3-13-5-15(13)17-7-19(17)21-9-22(21)20-8-18(20)16-6-14(16)10-23/h2-3,11-23H,4-10H2,1H3/b3-2+/t11-,12-,13-,14+,15-,16-,17+,18+,19-,20-,21+,22+/m0/s1. The molecule has 0 aromatic rings. The highest BCUT2D eigenvalue weighted by Gasteiger charge is 2.65. The van der Waals surface area contributed by atoms with Crippen LogP contribution in [0.25, 0.3) is 0 Å². The molecule has 0 spiro atoms. The zero-order chi connectivity index (χ0) is 15.3. The molecule has 0 aliphatic heterocycles. The highest BCUT2D eigenvalue weighted by atomic mass is 16.3. The van der Waals surface area contributed by atoms with E-state index < -0.39 is 0 Å². The Hall–Kier alpha value is -0.300. The molecule has 6 aliphatic rings. The smallest absolute Gasteiger partial charge is 0.0462 e. The van der Waals surface area contributed by atoms with Crippen LogP contribution in [0.1, 0.15) is 45.4 Å². The summed E-state index contributed by atoms with van der Waals surface area (Å²) < 4.78 is 0. The molecule has 0 bridgehead atoms. The minimum atomic E-state index is 0.461. The first-order valence-electron chi connectivity index (χ1n) is 10.5. The molecular weight excluding hydrogens is 280 g/mol. The van der Waals surface area contributed by atoms with Crippen molar-refractivity contribution in [2.75, 3.05) is 6.61 Å². The lowest BCUT2D eigenvalue weighted by atomic mass is 10.1. The molecule has 0 heterocycles. The molecule has 0 amide bonds. The molecule has 6 rings (SSSR count). The SMILES string of the molecule is C[C@H]1C[C@@H]1/C=C/[C@H]1C[C@@H]1[C@H]1C[C@@H]1[C@H]1C[C@@H]1[C@H]1C[C@@H]1[C@H]1C[C@@H]1CO. The van der Waals surface area contributed by atoms with Gasteiger partial charge in [0.05, 0.1) is 0 Å². The number of allylic oxidation sites excluding steroid dienone is 2. The Labute approximate surface area is 140 Å². The van der Waals surface area contributed by atoms with E-state index in [0.717, 1.165) is 65.1 Å². The van der Waals surface area contributed by atoms with Crippen molar-refractivity contribution >= 4 is 0 Å². The maximum absolute atomic E-state index is 9.26. The van der Waals surface area contributed by atoms with E-state index >= 15 is 0 Å². The van der Waals surface area contributed by atoms with Gasteiger partial charge < -0.3 is 5.11 Å². The van der Waals surface area contributed by atoms with Crippen LogP contribution < -0.4 is 0 Å². The molecule has 0 unspecified atom stereocenters. The second-order valence-electron chi connectivity index (χ2n) is 10.4. The van der Waals surface area contributed by atoms with Gasteiger partial charge in [0.25, 0.3) is 0 Å². The topological polar surface area (TPSA) is 20.2 Å². The van der Waals surface area contributed by atoms with Crippen LogP contribution >= 0.6 is 0 Å². The maximum atomic E-state index is 9.26. The largest absolute Gasteiger partial charge is 0.396 e. The molecule has 6 fully saturated rings. The molecule has 6 aliphatic carbocycles. The summed E-state index contributed by atoms with van der Waals surface area (Å²) in [6.45, 7) is 2.85. The Morgan fingerprint density at radius 2 is 1.17 bits per heavy atom. The second-order valence-corrected chi connectivity index (χ2v) is 10.4. The molecule has 0 aromatic heterocycles. The van der Waals surface area contributed by atoms with Crippen LogP contribution in [0.3, 0.4) is 0 Å². The van der Waals surface area contributed by atoms with Crippen molar-refractivity contribution in [2.45, 2.75) is 45.4 Å². The average molecular weight is 312 g/mol. The van der Waals surface area contributed by atoms with Crippen molar-refractivity contribution in [1.29, 1.82) is 0 Å². The fourth-order valence-corrected chi connectivity index (χ4v) is 6.52. The third-order valence-electron chi connectivity index (χ3n) is 8.75. The van der Waals surface area contributed by atoms with Gasteiger partial charge in [-0.3, -0.25) is 0 Å². The van der Waals surface area contributed by atoms with Gasteiger partial charge in [-0.2, -0.15) is 0 Å². The van der Waals surface area contributed by atoms with Gasteiger partial charge in [-0.25, -0.2) is 0 Å². The Kier molecular flexibility index (Phi) is 2.82. The minimum absolute atomic E-state index is 0.461. The van der Waals surface area contributed by atoms with E-state index in [1.54, 1.807) is 12.8 Å². The lowest BCUT2D eigenvalue weighted by Crippen LogP contribution is -1.97. The van der Waals surface area contributed by atoms with Crippen molar-refractivity contribution in [2.24, 2.45) is 71.0 Å². The molecule has 6 saturated carbocycles. The van der Waals surface area contributed by atoms with E-state index in [9.17, 15) is 5.11 Å². The van der Waals surface area contributed by atoms with Gasteiger partial charge in [0.1, 0.15) is 0 Å². The van der Waals surface area contributed by atoms with Crippen molar-refractivity contribution in [1.82, 2.24) is 0 Å². The summed E-state index contributed by atoms with van der Waals surface area (Å²) in [4.78, 5) is 0. The Morgan fingerprint density at radius 3 is 1.70 bits per heavy atom. The molecule has 0 aromatic carbocycles. The zero-order valence-corrected chi connectivity index (χ0v) is 14.5. The number of hydrogen-bond donors (Lipinski definition) is 1. The molecule has 1 N–H and O–H groups in total. The number of hydrogen-bond acceptors (Lipinski definition) is 1. The number of aliphatic hydroxyl groups excluding tert-OH is 1. The highest BCUT2D eigenvalue weighted by Crippen LogP contribution is 2.72. The van der Waals surface area contributed by atoms with Gasteiger partial charge in [0, 0.05) is 6.61 Å². The Balaban J connectivity index is 0.959. The third-order valence-corrected chi connectivity index (χ3v) is 8.75. The average Bonchev–Trinajstić information content (AvgIpc) is 3.32. The summed E-state index contributed by atoms with van der Waals surface area (Å²) in [5.41, 5.74) is 0. The summed E-state index contributed by atoms with van der Waals surface area (Å²) in [5, 5.41) is 9.26. The highest BCUT2D eigenvalue weighted by molar-refractivity contribution is 5.17. The van der Waals surface area contributed by atoms with Crippen LogP contribution in [0.4, 0.5) is 0 Å². The molecule has 12 atom stereocenters. The van der Waals surface area contributed by atoms with Gasteiger partial charge >= 0.3 is 0 Å². The molecule has 1 nitrogen and oxygen atoms in total. The van der Waals surface area contributed by atoms with E-state index in [-0.39, 0.29) is 0 Å². The van der Waals surface area contributed by atoms with Crippen molar-refractivity contribution in [3.63, 3.8) is 0 Å². The zero-order valence-electron chi connectivity index (χ0n) is 14.5. The summed E-state index contributed by atoms with van der Waals surface area (Å²) in [5.74, 6) is 12.3. The summed E-state index contributed by atoms with van der Waals surface area (Å²) in [6.07, 6.45) is 14.1. The summed E-state index contributed by atoms with van der Waals surface area (Å²) >= 11 is 0. The third kappa shape index (κ3) is 2.44. The van der Waals surface area contributed by atoms with Crippen LogP contribution in [0.15, 0.2) is 12.2 Å². The molecular formula is C22H32O. The van der Waals surface area contributed by atoms with Gasteiger partial charge in [0.15, 0.2) is 0 Å². The number of rotatable bonds is 7. The summed E-state index contributed by atoms with van der Waals surface area (Å²) in [6, 6.07) is 0. The van der Waals surface area contributed by atoms with E-state index in [1.807, 2.05) is 0 Å². The Morgan fingerprint density at radius 1 is 0.652 bits per heavy atom. The Bertz CT molecular complexity index is 538. The minimum Gasteiger partial charge on any atom is -0.396 e. The molecule has 126 valence electrons. The lowest BCUT2D eigenvalue weighted by molar-refractivity contribution is 0.264. The van der Waals surface area contributed by atoms with Crippen LogP contribution in [0, 0.1) is 71.0 Å². The van der Waals surface area contributed by atoms with E-state index in [2.05, 4.69) is 19.1 Å². The lowest BCUT2D eigenvalue weighted by Gasteiger charge is -2.00. The quantitative estimate of drug-likeness (QED) is 0.692. The van der Waals surface area contributed by atoms with E-state index in [4.69, 9.17) is 0 Å². The molecule has 1 heteroatoms. The van der Waals surface area contributed by atoms with Crippen LogP contribution in [0.5, 0.6) is 0 Å². The van der Waals surface area contributed by atoms with E-state index in [0.29, 0.717) is 12.5 Å². The van der Waals surface area contributed by atoms with Gasteiger partial charge in [-0.15, -0.1) is 0 Å². The normalized spacial score (nSPS) is 64.8. The first-order chi connectivity index (χ1) is 11.2. The van der Waals surface area contributed by atoms with Gasteiger partial charge in [-0.05, 0) is 110 Å². The predicted molar refractivity (Wildman–Crippen MR) is 91.5 cm³/mol. The predicted octanol–water partition coefficient (Wildman–Crippen LogP) is 4.37. The van der Waals surface area contributed by atoms with Crippen molar-refractivity contribution in [3.05, 3.63) is 12.2 Å². The van der Waals surface area contributed by atoms with Gasteiger partial charge in [0.2, 0.25) is 0 Å². The van der Waals surface area contributed by atoms with Gasteiger partial charge in [-0.1, -0.05) is 19.1 Å². The van der Waals surface area contributed by atoms with Crippen LogP contribution in [-0.4, -0.2) is 11.7 Å². The molecule has 0 radical (unpaired) electrons. The first-order valence-corrected chi connectivity index (χ1v) is 10.5. The monoisotopic (exact) mass is 312 g/mol.